The molecule has 0 saturated carbocycles. The fourth-order valence-electron chi connectivity index (χ4n) is 1.78. The molecule has 6 heteroatoms. The third-order valence-corrected chi connectivity index (χ3v) is 2.78. The van der Waals surface area contributed by atoms with E-state index >= 15 is 0 Å². The van der Waals surface area contributed by atoms with Crippen LogP contribution in [-0.4, -0.2) is 15.1 Å². The zero-order valence-electron chi connectivity index (χ0n) is 11.4. The Hall–Kier alpha value is -3.15. The van der Waals surface area contributed by atoms with Crippen molar-refractivity contribution in [1.29, 1.82) is 0 Å². The zero-order valence-corrected chi connectivity index (χ0v) is 11.4. The first kappa shape index (κ1) is 13.8. The van der Waals surface area contributed by atoms with E-state index in [0.717, 1.165) is 0 Å². The maximum Gasteiger partial charge on any atom is 0.227 e. The van der Waals surface area contributed by atoms with Crippen LogP contribution in [0.25, 0.3) is 0 Å². The molecule has 22 heavy (non-hydrogen) atoms. The van der Waals surface area contributed by atoms with Crippen LogP contribution in [0.15, 0.2) is 60.9 Å². The van der Waals surface area contributed by atoms with Gasteiger partial charge in [0.15, 0.2) is 5.75 Å². The molecule has 0 fully saturated rings. The first-order valence-electron chi connectivity index (χ1n) is 6.50. The standard InChI is InChI=1S/C16H12FN3O2/c17-11-4-6-14(7-5-11)22-15-9-18-16(19-10-15)20-12-2-1-3-13(21)8-12/h1-10,21H,(H,18,19,20). The summed E-state index contributed by atoms with van der Waals surface area (Å²) in [6.07, 6.45) is 3.00. The predicted molar refractivity (Wildman–Crippen MR) is 79.9 cm³/mol. The lowest BCUT2D eigenvalue weighted by molar-refractivity contribution is 0.475. The Labute approximate surface area is 126 Å². The number of nitrogens with zero attached hydrogens (tertiary/aromatic N) is 2. The smallest absolute Gasteiger partial charge is 0.227 e. The summed E-state index contributed by atoms with van der Waals surface area (Å²) in [7, 11) is 0. The van der Waals surface area contributed by atoms with Gasteiger partial charge in [-0.1, -0.05) is 6.07 Å². The lowest BCUT2D eigenvalue weighted by atomic mass is 10.3. The van der Waals surface area contributed by atoms with Gasteiger partial charge in [-0.05, 0) is 36.4 Å². The normalized spacial score (nSPS) is 10.2. The van der Waals surface area contributed by atoms with Gasteiger partial charge in [-0.25, -0.2) is 14.4 Å². The van der Waals surface area contributed by atoms with Gasteiger partial charge in [0.25, 0.3) is 0 Å². The summed E-state index contributed by atoms with van der Waals surface area (Å²) < 4.78 is 18.3. The number of rotatable bonds is 4. The lowest BCUT2D eigenvalue weighted by Gasteiger charge is -2.07. The van der Waals surface area contributed by atoms with Crippen molar-refractivity contribution in [1.82, 2.24) is 9.97 Å². The molecule has 2 aromatic carbocycles. The molecule has 0 bridgehead atoms. The quantitative estimate of drug-likeness (QED) is 0.765. The molecule has 0 radical (unpaired) electrons. The van der Waals surface area contributed by atoms with Crippen LogP contribution in [0.3, 0.4) is 0 Å². The fourth-order valence-corrected chi connectivity index (χ4v) is 1.78. The summed E-state index contributed by atoms with van der Waals surface area (Å²) in [6, 6.07) is 12.3. The number of hydrogen-bond donors (Lipinski definition) is 2. The summed E-state index contributed by atoms with van der Waals surface area (Å²) in [5.74, 6) is 1.14. The number of anilines is 2. The van der Waals surface area contributed by atoms with Gasteiger partial charge in [0.1, 0.15) is 17.3 Å². The molecule has 1 heterocycles. The number of hydrogen-bond acceptors (Lipinski definition) is 5. The minimum absolute atomic E-state index is 0.154. The molecule has 3 aromatic rings. The zero-order chi connectivity index (χ0) is 15.4. The van der Waals surface area contributed by atoms with Crippen molar-refractivity contribution in [2.75, 3.05) is 5.32 Å². The van der Waals surface area contributed by atoms with Crippen LogP contribution in [-0.2, 0) is 0 Å². The first-order valence-corrected chi connectivity index (χ1v) is 6.50. The molecule has 0 saturated heterocycles. The Bertz CT molecular complexity index is 761. The summed E-state index contributed by atoms with van der Waals surface area (Å²) in [5, 5.41) is 12.3. The number of phenols is 1. The second-order valence-corrected chi connectivity index (χ2v) is 4.47. The molecule has 3 rings (SSSR count). The number of nitrogens with one attached hydrogen (secondary N) is 1. The second-order valence-electron chi connectivity index (χ2n) is 4.47. The number of aromatic hydroxyl groups is 1. The molecule has 5 nitrogen and oxygen atoms in total. The number of ether oxygens (including phenoxy) is 1. The van der Waals surface area contributed by atoms with Crippen LogP contribution < -0.4 is 10.1 Å². The highest BCUT2D eigenvalue weighted by Gasteiger charge is 2.02. The highest BCUT2D eigenvalue weighted by atomic mass is 19.1. The number of aromatic nitrogens is 2. The summed E-state index contributed by atoms with van der Waals surface area (Å²) in [5.41, 5.74) is 0.673. The van der Waals surface area contributed by atoms with Crippen molar-refractivity contribution >= 4 is 11.6 Å². The lowest BCUT2D eigenvalue weighted by Crippen LogP contribution is -1.97. The third-order valence-electron chi connectivity index (χ3n) is 2.78. The van der Waals surface area contributed by atoms with E-state index in [4.69, 9.17) is 4.74 Å². The van der Waals surface area contributed by atoms with E-state index in [9.17, 15) is 9.50 Å². The van der Waals surface area contributed by atoms with Crippen molar-refractivity contribution in [3.63, 3.8) is 0 Å². The summed E-state index contributed by atoms with van der Waals surface area (Å²) in [6.45, 7) is 0. The number of phenolic OH excluding ortho intramolecular Hbond substituents is 1. The van der Waals surface area contributed by atoms with Crippen LogP contribution >= 0.6 is 0 Å². The van der Waals surface area contributed by atoms with Gasteiger partial charge in [0.05, 0.1) is 12.4 Å². The summed E-state index contributed by atoms with van der Waals surface area (Å²) >= 11 is 0. The van der Waals surface area contributed by atoms with E-state index in [0.29, 0.717) is 23.1 Å². The van der Waals surface area contributed by atoms with Crippen LogP contribution in [0, 0.1) is 5.82 Å². The molecule has 0 aliphatic rings. The van der Waals surface area contributed by atoms with Crippen LogP contribution in [0.1, 0.15) is 0 Å². The van der Waals surface area contributed by atoms with Crippen LogP contribution in [0.4, 0.5) is 16.0 Å². The molecule has 0 aliphatic carbocycles. The monoisotopic (exact) mass is 297 g/mol. The maximum atomic E-state index is 12.8. The SMILES string of the molecule is Oc1cccc(Nc2ncc(Oc3ccc(F)cc3)cn2)c1. The van der Waals surface area contributed by atoms with Gasteiger partial charge in [-0.3, -0.25) is 0 Å². The van der Waals surface area contributed by atoms with Crippen molar-refractivity contribution in [3.8, 4) is 17.2 Å². The van der Waals surface area contributed by atoms with Gasteiger partial charge in [0, 0.05) is 11.8 Å². The first-order chi connectivity index (χ1) is 10.7. The van der Waals surface area contributed by atoms with Crippen LogP contribution in [0.5, 0.6) is 17.2 Å². The van der Waals surface area contributed by atoms with Gasteiger partial charge in [-0.2, -0.15) is 0 Å². The van der Waals surface area contributed by atoms with E-state index in [-0.39, 0.29) is 11.6 Å². The third kappa shape index (κ3) is 3.49. The summed E-state index contributed by atoms with van der Waals surface area (Å²) in [4.78, 5) is 8.23. The molecule has 110 valence electrons. The maximum absolute atomic E-state index is 12.8. The predicted octanol–water partition coefficient (Wildman–Crippen LogP) is 3.86. The van der Waals surface area contributed by atoms with Gasteiger partial charge in [-0.15, -0.1) is 0 Å². The molecule has 0 spiro atoms. The molecule has 1 aromatic heterocycles. The molecule has 2 N–H and O–H groups in total. The molecule has 0 atom stereocenters. The van der Waals surface area contributed by atoms with E-state index in [1.807, 2.05) is 0 Å². The number of halogens is 1. The molecular formula is C16H12FN3O2. The van der Waals surface area contributed by atoms with Gasteiger partial charge >= 0.3 is 0 Å². The van der Waals surface area contributed by atoms with Gasteiger partial charge < -0.3 is 15.2 Å². The average Bonchev–Trinajstić information content (AvgIpc) is 2.52. The second kappa shape index (κ2) is 6.09. The van der Waals surface area contributed by atoms with Gasteiger partial charge in [0.2, 0.25) is 5.95 Å². The number of benzene rings is 2. The Morgan fingerprint density at radius 1 is 0.955 bits per heavy atom. The van der Waals surface area contributed by atoms with E-state index < -0.39 is 0 Å². The minimum atomic E-state index is -0.325. The average molecular weight is 297 g/mol. The molecule has 0 aliphatic heterocycles. The Morgan fingerprint density at radius 2 is 1.68 bits per heavy atom. The fraction of sp³-hybridized carbons (Fsp3) is 0. The highest BCUT2D eigenvalue weighted by Crippen LogP contribution is 2.22. The molecular weight excluding hydrogens is 285 g/mol. The Balaban J connectivity index is 1.68. The van der Waals surface area contributed by atoms with Crippen molar-refractivity contribution < 1.29 is 14.2 Å². The largest absolute Gasteiger partial charge is 0.508 e. The Kier molecular flexibility index (Phi) is 3.82. The topological polar surface area (TPSA) is 67.3 Å². The minimum Gasteiger partial charge on any atom is -0.508 e. The van der Waals surface area contributed by atoms with Crippen molar-refractivity contribution in [2.24, 2.45) is 0 Å². The van der Waals surface area contributed by atoms with Crippen LogP contribution in [0.2, 0.25) is 0 Å². The Morgan fingerprint density at radius 3 is 2.36 bits per heavy atom. The highest BCUT2D eigenvalue weighted by molar-refractivity contribution is 5.55. The molecule has 0 amide bonds. The van der Waals surface area contributed by atoms with Crippen molar-refractivity contribution in [3.05, 3.63) is 66.7 Å². The van der Waals surface area contributed by atoms with E-state index in [1.54, 1.807) is 24.3 Å². The van der Waals surface area contributed by atoms with E-state index in [1.165, 1.54) is 36.7 Å². The molecule has 0 unspecified atom stereocenters. The van der Waals surface area contributed by atoms with E-state index in [2.05, 4.69) is 15.3 Å². The van der Waals surface area contributed by atoms with Crippen molar-refractivity contribution in [2.45, 2.75) is 0 Å².